The number of hydrogen-bond acceptors (Lipinski definition) is 5. The van der Waals surface area contributed by atoms with E-state index in [1.54, 1.807) is 19.2 Å². The normalized spacial score (nSPS) is 16.8. The number of amides is 1. The lowest BCUT2D eigenvalue weighted by Gasteiger charge is -2.17. The van der Waals surface area contributed by atoms with Gasteiger partial charge in [-0.1, -0.05) is 16.8 Å². The number of carbonyl (C=O) groups excluding carboxylic acids is 1. The Labute approximate surface area is 159 Å². The molecule has 27 heavy (non-hydrogen) atoms. The minimum Gasteiger partial charge on any atom is -0.497 e. The van der Waals surface area contributed by atoms with Gasteiger partial charge in [0, 0.05) is 24.4 Å². The monoisotopic (exact) mass is 387 g/mol. The Hall–Kier alpha value is -2.93. The Morgan fingerprint density at radius 2 is 2.04 bits per heavy atom. The highest BCUT2D eigenvalue weighted by molar-refractivity contribution is 6.33. The quantitative estimate of drug-likeness (QED) is 0.675. The van der Waals surface area contributed by atoms with Gasteiger partial charge in [0.05, 0.1) is 17.8 Å². The van der Waals surface area contributed by atoms with Crippen LogP contribution in [0.1, 0.15) is 18.2 Å². The molecular weight excluding hydrogens is 373 g/mol. The zero-order valence-corrected chi connectivity index (χ0v) is 15.1. The first-order valence-corrected chi connectivity index (χ1v) is 8.66. The van der Waals surface area contributed by atoms with E-state index in [0.29, 0.717) is 29.0 Å². The molecule has 1 aromatic heterocycles. The summed E-state index contributed by atoms with van der Waals surface area (Å²) in [5, 5.41) is 4.33. The second-order valence-corrected chi connectivity index (χ2v) is 6.59. The molecule has 1 amide bonds. The molecule has 1 atom stereocenters. The number of methoxy groups -OCH3 is 1. The molecule has 0 spiro atoms. The minimum atomic E-state index is -0.452. The van der Waals surface area contributed by atoms with Gasteiger partial charge in [-0.3, -0.25) is 4.79 Å². The molecule has 0 radical (unpaired) electrons. The van der Waals surface area contributed by atoms with E-state index in [0.717, 1.165) is 11.3 Å². The molecule has 1 aliphatic heterocycles. The van der Waals surface area contributed by atoms with Crippen LogP contribution in [-0.2, 0) is 4.79 Å². The second kappa shape index (κ2) is 7.00. The largest absolute Gasteiger partial charge is 0.497 e. The van der Waals surface area contributed by atoms with Gasteiger partial charge in [0.2, 0.25) is 5.91 Å². The van der Waals surface area contributed by atoms with Crippen LogP contribution in [0.4, 0.5) is 10.1 Å². The molecule has 0 bridgehead atoms. The molecule has 8 heteroatoms. The minimum absolute atomic E-state index is 0.164. The van der Waals surface area contributed by atoms with E-state index in [2.05, 4.69) is 10.1 Å². The van der Waals surface area contributed by atoms with Crippen LogP contribution in [0.15, 0.2) is 47.0 Å². The summed E-state index contributed by atoms with van der Waals surface area (Å²) in [6, 6.07) is 11.2. The number of rotatable bonds is 4. The van der Waals surface area contributed by atoms with Crippen molar-refractivity contribution in [3.63, 3.8) is 0 Å². The number of nitrogens with zero attached hydrogens (tertiary/aromatic N) is 3. The highest BCUT2D eigenvalue weighted by Crippen LogP contribution is 2.35. The zero-order valence-electron chi connectivity index (χ0n) is 14.4. The topological polar surface area (TPSA) is 68.5 Å². The Bertz CT molecular complexity index is 990. The fraction of sp³-hybridized carbons (Fsp3) is 0.211. The van der Waals surface area contributed by atoms with Crippen molar-refractivity contribution in [1.82, 2.24) is 10.1 Å². The first kappa shape index (κ1) is 17.5. The number of aromatic nitrogens is 2. The first-order valence-electron chi connectivity index (χ1n) is 8.28. The van der Waals surface area contributed by atoms with Crippen molar-refractivity contribution in [3.05, 3.63) is 59.1 Å². The molecule has 1 aliphatic rings. The van der Waals surface area contributed by atoms with E-state index in [1.165, 1.54) is 23.1 Å². The van der Waals surface area contributed by atoms with E-state index in [1.807, 2.05) is 12.1 Å². The maximum atomic E-state index is 13.5. The van der Waals surface area contributed by atoms with Crippen molar-refractivity contribution in [2.24, 2.45) is 0 Å². The van der Waals surface area contributed by atoms with Crippen LogP contribution in [0.25, 0.3) is 11.5 Å². The van der Waals surface area contributed by atoms with Crippen molar-refractivity contribution >= 4 is 23.2 Å². The molecule has 2 heterocycles. The second-order valence-electron chi connectivity index (χ2n) is 6.19. The maximum Gasteiger partial charge on any atom is 0.257 e. The number of anilines is 1. The van der Waals surface area contributed by atoms with Crippen molar-refractivity contribution in [3.8, 4) is 17.2 Å². The predicted octanol–water partition coefficient (Wildman–Crippen LogP) is 4.06. The maximum absolute atomic E-state index is 13.5. The zero-order chi connectivity index (χ0) is 19.0. The molecule has 138 valence electrons. The van der Waals surface area contributed by atoms with Gasteiger partial charge in [-0.2, -0.15) is 4.98 Å². The number of benzene rings is 2. The average molecular weight is 388 g/mol. The number of halogens is 2. The fourth-order valence-electron chi connectivity index (χ4n) is 3.06. The van der Waals surface area contributed by atoms with Crippen molar-refractivity contribution < 1.29 is 18.4 Å². The molecule has 3 aromatic rings. The SMILES string of the molecule is COc1ccc(-c2nc(C3CC(=O)N(c4cc(F)ccc4Cl)C3)no2)cc1. The van der Waals surface area contributed by atoms with Crippen LogP contribution in [0, 0.1) is 5.82 Å². The van der Waals surface area contributed by atoms with Gasteiger partial charge >= 0.3 is 0 Å². The molecule has 6 nitrogen and oxygen atoms in total. The smallest absolute Gasteiger partial charge is 0.257 e. The van der Waals surface area contributed by atoms with Crippen LogP contribution in [-0.4, -0.2) is 29.7 Å². The summed E-state index contributed by atoms with van der Waals surface area (Å²) in [6.45, 7) is 0.309. The van der Waals surface area contributed by atoms with Crippen LogP contribution >= 0.6 is 11.6 Å². The third-order valence-electron chi connectivity index (χ3n) is 4.47. The number of hydrogen-bond donors (Lipinski definition) is 0. The van der Waals surface area contributed by atoms with Crippen LogP contribution < -0.4 is 9.64 Å². The molecule has 1 saturated heterocycles. The van der Waals surface area contributed by atoms with Gasteiger partial charge in [-0.05, 0) is 42.5 Å². The molecule has 4 rings (SSSR count). The lowest BCUT2D eigenvalue weighted by Crippen LogP contribution is -2.24. The Kier molecular flexibility index (Phi) is 4.53. The molecule has 2 aromatic carbocycles. The molecule has 0 aliphatic carbocycles. The Morgan fingerprint density at radius 1 is 1.26 bits per heavy atom. The highest BCUT2D eigenvalue weighted by atomic mass is 35.5. The lowest BCUT2D eigenvalue weighted by atomic mass is 10.1. The van der Waals surface area contributed by atoms with E-state index in [4.69, 9.17) is 20.9 Å². The number of ether oxygens (including phenoxy) is 1. The van der Waals surface area contributed by atoms with Gasteiger partial charge in [0.15, 0.2) is 5.82 Å². The van der Waals surface area contributed by atoms with Crippen LogP contribution in [0.2, 0.25) is 5.02 Å². The summed E-state index contributed by atoms with van der Waals surface area (Å²) >= 11 is 6.12. The van der Waals surface area contributed by atoms with Gasteiger partial charge in [0.25, 0.3) is 5.89 Å². The van der Waals surface area contributed by atoms with Crippen molar-refractivity contribution in [2.75, 3.05) is 18.6 Å². The third-order valence-corrected chi connectivity index (χ3v) is 4.79. The van der Waals surface area contributed by atoms with E-state index >= 15 is 0 Å². The standard InChI is InChI=1S/C19H15ClFN3O3/c1-26-14-5-2-11(3-6-14)19-22-18(23-27-19)12-8-17(25)24(10-12)16-9-13(21)4-7-15(16)20/h2-7,9,12H,8,10H2,1H3. The van der Waals surface area contributed by atoms with Gasteiger partial charge in [0.1, 0.15) is 11.6 Å². The Morgan fingerprint density at radius 3 is 2.78 bits per heavy atom. The molecule has 0 saturated carbocycles. The molecular formula is C19H15ClFN3O3. The fourth-order valence-corrected chi connectivity index (χ4v) is 3.28. The van der Waals surface area contributed by atoms with Crippen LogP contribution in [0.5, 0.6) is 5.75 Å². The summed E-state index contributed by atoms with van der Waals surface area (Å²) in [6.07, 6.45) is 0.203. The Balaban J connectivity index is 1.56. The predicted molar refractivity (Wildman–Crippen MR) is 97.4 cm³/mol. The summed E-state index contributed by atoms with van der Waals surface area (Å²) in [5.74, 6) is 0.650. The van der Waals surface area contributed by atoms with Gasteiger partial charge < -0.3 is 14.2 Å². The van der Waals surface area contributed by atoms with E-state index in [-0.39, 0.29) is 18.2 Å². The third kappa shape index (κ3) is 3.38. The van der Waals surface area contributed by atoms with Gasteiger partial charge in [-0.25, -0.2) is 4.39 Å². The highest BCUT2D eigenvalue weighted by Gasteiger charge is 2.35. The summed E-state index contributed by atoms with van der Waals surface area (Å²) in [4.78, 5) is 18.3. The van der Waals surface area contributed by atoms with Crippen molar-refractivity contribution in [2.45, 2.75) is 12.3 Å². The summed E-state index contributed by atoms with van der Waals surface area (Å²) in [7, 11) is 1.59. The average Bonchev–Trinajstić information content (AvgIpc) is 3.31. The first-order chi connectivity index (χ1) is 13.0. The molecule has 1 fully saturated rings. The molecule has 1 unspecified atom stereocenters. The van der Waals surface area contributed by atoms with Gasteiger partial charge in [-0.15, -0.1) is 0 Å². The summed E-state index contributed by atoms with van der Waals surface area (Å²) < 4.78 is 24.0. The van der Waals surface area contributed by atoms with Crippen LogP contribution in [0.3, 0.4) is 0 Å². The summed E-state index contributed by atoms with van der Waals surface area (Å²) in [5.41, 5.74) is 1.10. The van der Waals surface area contributed by atoms with E-state index < -0.39 is 5.82 Å². The number of carbonyl (C=O) groups is 1. The molecule has 0 N–H and O–H groups in total. The lowest BCUT2D eigenvalue weighted by molar-refractivity contribution is -0.117. The van der Waals surface area contributed by atoms with Crippen molar-refractivity contribution in [1.29, 1.82) is 0 Å². The van der Waals surface area contributed by atoms with E-state index in [9.17, 15) is 9.18 Å².